The van der Waals surface area contributed by atoms with Crippen LogP contribution in [0.1, 0.15) is 16.7 Å². The SMILES string of the molecule is Cc1cccc(-c2ccc3c(c2)CCNC3)c1F. The van der Waals surface area contributed by atoms with Crippen LogP contribution in [0.5, 0.6) is 0 Å². The average molecular weight is 241 g/mol. The molecule has 2 aromatic rings. The molecule has 2 aromatic carbocycles. The molecule has 1 heterocycles. The number of fused-ring (bicyclic) bond motifs is 1. The fourth-order valence-corrected chi connectivity index (χ4v) is 2.52. The Labute approximate surface area is 107 Å². The average Bonchev–Trinajstić information content (AvgIpc) is 2.41. The predicted octanol–water partition coefficient (Wildman–Crippen LogP) is 3.45. The van der Waals surface area contributed by atoms with Gasteiger partial charge in [0.2, 0.25) is 0 Å². The standard InChI is InChI=1S/C16H16FN/c1-11-3-2-4-15(16(11)17)13-5-6-14-10-18-8-7-12(14)9-13/h2-6,9,18H,7-8,10H2,1H3. The van der Waals surface area contributed by atoms with Crippen LogP contribution in [0.15, 0.2) is 36.4 Å². The van der Waals surface area contributed by atoms with Crippen LogP contribution >= 0.6 is 0 Å². The third kappa shape index (κ3) is 1.93. The summed E-state index contributed by atoms with van der Waals surface area (Å²) >= 11 is 0. The lowest BCUT2D eigenvalue weighted by Crippen LogP contribution is -2.23. The van der Waals surface area contributed by atoms with Crippen LogP contribution in [0.4, 0.5) is 4.39 Å². The maximum Gasteiger partial charge on any atom is 0.133 e. The van der Waals surface area contributed by atoms with Crippen molar-refractivity contribution >= 4 is 0 Å². The summed E-state index contributed by atoms with van der Waals surface area (Å²) in [5.74, 6) is -0.105. The van der Waals surface area contributed by atoms with E-state index in [9.17, 15) is 4.39 Å². The molecule has 0 saturated heterocycles. The Morgan fingerprint density at radius 2 is 2.00 bits per heavy atom. The predicted molar refractivity (Wildman–Crippen MR) is 72.0 cm³/mol. The molecule has 0 aliphatic carbocycles. The third-order valence-corrected chi connectivity index (χ3v) is 3.60. The van der Waals surface area contributed by atoms with Crippen molar-refractivity contribution < 1.29 is 4.39 Å². The molecule has 0 bridgehead atoms. The van der Waals surface area contributed by atoms with Crippen molar-refractivity contribution in [1.82, 2.24) is 5.32 Å². The van der Waals surface area contributed by atoms with Crippen molar-refractivity contribution in [2.24, 2.45) is 0 Å². The number of aryl methyl sites for hydroxylation is 1. The first-order chi connectivity index (χ1) is 8.75. The Morgan fingerprint density at radius 1 is 1.11 bits per heavy atom. The van der Waals surface area contributed by atoms with E-state index >= 15 is 0 Å². The maximum atomic E-state index is 14.1. The third-order valence-electron chi connectivity index (χ3n) is 3.60. The zero-order valence-corrected chi connectivity index (χ0v) is 10.5. The van der Waals surface area contributed by atoms with Gasteiger partial charge in [0.15, 0.2) is 0 Å². The van der Waals surface area contributed by atoms with E-state index in [0.717, 1.165) is 25.1 Å². The van der Waals surface area contributed by atoms with E-state index in [1.165, 1.54) is 11.1 Å². The van der Waals surface area contributed by atoms with Crippen molar-refractivity contribution in [2.75, 3.05) is 6.54 Å². The molecule has 3 rings (SSSR count). The van der Waals surface area contributed by atoms with Gasteiger partial charge in [0.1, 0.15) is 5.82 Å². The van der Waals surface area contributed by atoms with E-state index in [0.29, 0.717) is 11.1 Å². The molecule has 1 nitrogen and oxygen atoms in total. The molecular weight excluding hydrogens is 225 g/mol. The molecule has 0 spiro atoms. The molecule has 0 fully saturated rings. The van der Waals surface area contributed by atoms with Crippen LogP contribution in [0, 0.1) is 12.7 Å². The quantitative estimate of drug-likeness (QED) is 0.806. The lowest BCUT2D eigenvalue weighted by molar-refractivity contribution is 0.621. The zero-order valence-electron chi connectivity index (χ0n) is 10.5. The summed E-state index contributed by atoms with van der Waals surface area (Å²) in [6, 6.07) is 11.8. The number of hydrogen-bond donors (Lipinski definition) is 1. The van der Waals surface area contributed by atoms with Gasteiger partial charge in [0.05, 0.1) is 0 Å². The fourth-order valence-electron chi connectivity index (χ4n) is 2.52. The Morgan fingerprint density at radius 3 is 2.89 bits per heavy atom. The highest BCUT2D eigenvalue weighted by Crippen LogP contribution is 2.27. The fraction of sp³-hybridized carbons (Fsp3) is 0.250. The van der Waals surface area contributed by atoms with Gasteiger partial charge >= 0.3 is 0 Å². The molecular formula is C16H16FN. The number of rotatable bonds is 1. The molecule has 0 amide bonds. The number of hydrogen-bond acceptors (Lipinski definition) is 1. The summed E-state index contributed by atoms with van der Waals surface area (Å²) in [5.41, 5.74) is 5.06. The van der Waals surface area contributed by atoms with E-state index in [1.807, 2.05) is 18.2 Å². The second-order valence-corrected chi connectivity index (χ2v) is 4.85. The molecule has 0 radical (unpaired) electrons. The van der Waals surface area contributed by atoms with E-state index in [-0.39, 0.29) is 5.82 Å². The molecule has 0 unspecified atom stereocenters. The van der Waals surface area contributed by atoms with E-state index < -0.39 is 0 Å². The minimum Gasteiger partial charge on any atom is -0.312 e. The summed E-state index contributed by atoms with van der Waals surface area (Å²) in [6.45, 7) is 3.74. The van der Waals surface area contributed by atoms with Crippen LogP contribution in [0.25, 0.3) is 11.1 Å². The molecule has 0 aromatic heterocycles. The summed E-state index contributed by atoms with van der Waals surface area (Å²) < 4.78 is 14.1. The molecule has 92 valence electrons. The Balaban J connectivity index is 2.09. The van der Waals surface area contributed by atoms with Crippen molar-refractivity contribution in [1.29, 1.82) is 0 Å². The first kappa shape index (κ1) is 11.4. The minimum absolute atomic E-state index is 0.105. The van der Waals surface area contributed by atoms with Gasteiger partial charge in [0.25, 0.3) is 0 Å². The molecule has 1 aliphatic rings. The van der Waals surface area contributed by atoms with Gasteiger partial charge in [-0.2, -0.15) is 0 Å². The summed E-state index contributed by atoms with van der Waals surface area (Å²) in [5, 5.41) is 3.35. The van der Waals surface area contributed by atoms with Crippen molar-refractivity contribution in [3.05, 3.63) is 58.9 Å². The monoisotopic (exact) mass is 241 g/mol. The molecule has 1 aliphatic heterocycles. The van der Waals surface area contributed by atoms with E-state index in [4.69, 9.17) is 0 Å². The summed E-state index contributed by atoms with van der Waals surface area (Å²) in [7, 11) is 0. The molecule has 1 N–H and O–H groups in total. The van der Waals surface area contributed by atoms with Crippen LogP contribution in [0.2, 0.25) is 0 Å². The maximum absolute atomic E-state index is 14.1. The normalized spacial score (nSPS) is 14.3. The smallest absolute Gasteiger partial charge is 0.133 e. The van der Waals surface area contributed by atoms with Crippen LogP contribution in [-0.4, -0.2) is 6.54 Å². The molecule has 0 saturated carbocycles. The highest BCUT2D eigenvalue weighted by Gasteiger charge is 2.12. The van der Waals surface area contributed by atoms with Gasteiger partial charge < -0.3 is 5.32 Å². The second-order valence-electron chi connectivity index (χ2n) is 4.85. The second kappa shape index (κ2) is 4.54. The van der Waals surface area contributed by atoms with E-state index in [1.54, 1.807) is 13.0 Å². The lowest BCUT2D eigenvalue weighted by Gasteiger charge is -2.18. The van der Waals surface area contributed by atoms with Gasteiger partial charge in [-0.3, -0.25) is 0 Å². The largest absolute Gasteiger partial charge is 0.312 e. The van der Waals surface area contributed by atoms with Gasteiger partial charge in [-0.1, -0.05) is 36.4 Å². The van der Waals surface area contributed by atoms with Crippen molar-refractivity contribution in [3.8, 4) is 11.1 Å². The van der Waals surface area contributed by atoms with Crippen LogP contribution < -0.4 is 5.32 Å². The van der Waals surface area contributed by atoms with Gasteiger partial charge in [-0.15, -0.1) is 0 Å². The van der Waals surface area contributed by atoms with Crippen LogP contribution in [0.3, 0.4) is 0 Å². The summed E-state index contributed by atoms with van der Waals surface area (Å²) in [4.78, 5) is 0. The highest BCUT2D eigenvalue weighted by atomic mass is 19.1. The molecule has 18 heavy (non-hydrogen) atoms. The highest BCUT2D eigenvalue weighted by molar-refractivity contribution is 5.66. The molecule has 0 atom stereocenters. The Hall–Kier alpha value is -1.67. The van der Waals surface area contributed by atoms with Crippen molar-refractivity contribution in [2.45, 2.75) is 19.9 Å². The lowest BCUT2D eigenvalue weighted by atomic mass is 9.94. The molecule has 2 heteroatoms. The summed E-state index contributed by atoms with van der Waals surface area (Å²) in [6.07, 6.45) is 1.02. The number of halogens is 1. The topological polar surface area (TPSA) is 12.0 Å². The Bertz CT molecular complexity index is 590. The van der Waals surface area contributed by atoms with Gasteiger partial charge in [-0.25, -0.2) is 4.39 Å². The van der Waals surface area contributed by atoms with Gasteiger partial charge in [-0.05, 0) is 42.1 Å². The Kier molecular flexibility index (Phi) is 2.88. The first-order valence-corrected chi connectivity index (χ1v) is 6.34. The van der Waals surface area contributed by atoms with Crippen LogP contribution in [-0.2, 0) is 13.0 Å². The zero-order chi connectivity index (χ0) is 12.5. The number of nitrogens with one attached hydrogen (secondary N) is 1. The first-order valence-electron chi connectivity index (χ1n) is 6.34. The van der Waals surface area contributed by atoms with E-state index in [2.05, 4.69) is 17.4 Å². The van der Waals surface area contributed by atoms with Crippen molar-refractivity contribution in [3.63, 3.8) is 0 Å². The number of benzene rings is 2. The minimum atomic E-state index is -0.105. The van der Waals surface area contributed by atoms with Gasteiger partial charge in [0, 0.05) is 12.1 Å².